The van der Waals surface area contributed by atoms with Crippen LogP contribution in [0.1, 0.15) is 13.8 Å². The summed E-state index contributed by atoms with van der Waals surface area (Å²) in [7, 11) is 0. The number of hydrogen-bond acceptors (Lipinski definition) is 3. The Morgan fingerprint density at radius 3 is 2.50 bits per heavy atom. The molecular weight excluding hydrogens is 130 g/mol. The number of rotatable bonds is 1. The maximum Gasteiger partial charge on any atom is 0.177 e. The first-order chi connectivity index (χ1) is 4.63. The molecule has 0 aliphatic carbocycles. The minimum absolute atomic E-state index is 0.0266. The number of carbonyl (C=O) groups excluding carboxylic acids is 1. The van der Waals surface area contributed by atoms with Crippen LogP contribution in [-0.2, 0) is 9.53 Å². The largest absolute Gasteiger partial charge is 0.368 e. The molecule has 0 aromatic heterocycles. The molecular formula is C7H13NO2. The lowest BCUT2D eigenvalue weighted by molar-refractivity contribution is -0.118. The van der Waals surface area contributed by atoms with Crippen molar-refractivity contribution >= 4 is 5.78 Å². The fraction of sp³-hybridized carbons (Fsp3) is 0.857. The average molecular weight is 143 g/mol. The van der Waals surface area contributed by atoms with Gasteiger partial charge in [0.15, 0.2) is 5.78 Å². The van der Waals surface area contributed by atoms with Crippen LogP contribution in [0.3, 0.4) is 0 Å². The molecule has 0 bridgehead atoms. The molecule has 1 aliphatic heterocycles. The number of carbonyl (C=O) groups is 1. The quantitative estimate of drug-likeness (QED) is 0.559. The molecule has 2 unspecified atom stereocenters. The van der Waals surface area contributed by atoms with Crippen LogP contribution in [0, 0.1) is 5.92 Å². The lowest BCUT2D eigenvalue weighted by atomic mass is 10.0. The normalized spacial score (nSPS) is 33.8. The van der Waals surface area contributed by atoms with Gasteiger partial charge in [-0.05, 0) is 5.92 Å². The third-order valence-corrected chi connectivity index (χ3v) is 1.80. The van der Waals surface area contributed by atoms with Gasteiger partial charge in [0.05, 0.1) is 12.1 Å². The topological polar surface area (TPSA) is 52.3 Å². The Labute approximate surface area is 60.5 Å². The van der Waals surface area contributed by atoms with Gasteiger partial charge in [0.25, 0.3) is 0 Å². The van der Waals surface area contributed by atoms with E-state index in [1.54, 1.807) is 0 Å². The van der Waals surface area contributed by atoms with Gasteiger partial charge in [0.1, 0.15) is 6.61 Å². The summed E-state index contributed by atoms with van der Waals surface area (Å²) in [4.78, 5) is 10.8. The van der Waals surface area contributed by atoms with E-state index in [0.29, 0.717) is 5.92 Å². The maximum atomic E-state index is 10.8. The first-order valence-corrected chi connectivity index (χ1v) is 3.53. The monoisotopic (exact) mass is 143 g/mol. The van der Waals surface area contributed by atoms with E-state index in [4.69, 9.17) is 10.5 Å². The highest BCUT2D eigenvalue weighted by molar-refractivity contribution is 5.87. The molecule has 1 rings (SSSR count). The molecule has 0 radical (unpaired) electrons. The minimum atomic E-state index is -0.389. The summed E-state index contributed by atoms with van der Waals surface area (Å²) in [5.41, 5.74) is 5.55. The van der Waals surface area contributed by atoms with Gasteiger partial charge >= 0.3 is 0 Å². The lowest BCUT2D eigenvalue weighted by Gasteiger charge is -2.16. The number of ketones is 1. The van der Waals surface area contributed by atoms with Gasteiger partial charge in [0, 0.05) is 0 Å². The molecule has 58 valence electrons. The molecule has 3 heteroatoms. The van der Waals surface area contributed by atoms with Crippen molar-refractivity contribution in [2.24, 2.45) is 11.7 Å². The Balaban J connectivity index is 2.57. The number of nitrogens with two attached hydrogens (primary N) is 1. The Morgan fingerprint density at radius 2 is 2.30 bits per heavy atom. The van der Waals surface area contributed by atoms with Crippen molar-refractivity contribution < 1.29 is 9.53 Å². The van der Waals surface area contributed by atoms with Gasteiger partial charge in [-0.2, -0.15) is 0 Å². The van der Waals surface area contributed by atoms with Gasteiger partial charge in [0.2, 0.25) is 0 Å². The molecule has 0 spiro atoms. The second-order valence-electron chi connectivity index (χ2n) is 3.01. The van der Waals surface area contributed by atoms with E-state index in [9.17, 15) is 4.79 Å². The summed E-state index contributed by atoms with van der Waals surface area (Å²) in [5.74, 6) is 0.361. The van der Waals surface area contributed by atoms with Crippen molar-refractivity contribution in [2.75, 3.05) is 6.61 Å². The molecule has 2 N–H and O–H groups in total. The van der Waals surface area contributed by atoms with Crippen LogP contribution in [-0.4, -0.2) is 24.5 Å². The number of hydrogen-bond donors (Lipinski definition) is 1. The molecule has 0 saturated carbocycles. The van der Waals surface area contributed by atoms with E-state index >= 15 is 0 Å². The lowest BCUT2D eigenvalue weighted by Crippen LogP contribution is -2.38. The van der Waals surface area contributed by atoms with Crippen molar-refractivity contribution in [1.29, 1.82) is 0 Å². The zero-order valence-electron chi connectivity index (χ0n) is 6.33. The SMILES string of the molecule is CC(C)C1OCC(=O)C1N. The molecule has 1 fully saturated rings. The Hall–Kier alpha value is -0.410. The summed E-state index contributed by atoms with van der Waals surface area (Å²) in [6.45, 7) is 4.20. The summed E-state index contributed by atoms with van der Waals surface area (Å²) in [6.07, 6.45) is -0.0625. The van der Waals surface area contributed by atoms with Crippen molar-refractivity contribution in [3.63, 3.8) is 0 Å². The van der Waals surface area contributed by atoms with Crippen LogP contribution in [0.5, 0.6) is 0 Å². The summed E-state index contributed by atoms with van der Waals surface area (Å²) < 4.78 is 5.16. The van der Waals surface area contributed by atoms with Crippen molar-refractivity contribution in [1.82, 2.24) is 0 Å². The predicted molar refractivity (Wildman–Crippen MR) is 37.6 cm³/mol. The maximum absolute atomic E-state index is 10.8. The standard InChI is InChI=1S/C7H13NO2/c1-4(2)7-6(8)5(9)3-10-7/h4,6-7H,3,8H2,1-2H3. The van der Waals surface area contributed by atoms with Crippen molar-refractivity contribution in [3.8, 4) is 0 Å². The van der Waals surface area contributed by atoms with E-state index in [0.717, 1.165) is 0 Å². The molecule has 1 saturated heterocycles. The van der Waals surface area contributed by atoms with E-state index < -0.39 is 0 Å². The predicted octanol–water partition coefficient (Wildman–Crippen LogP) is -0.0624. The third kappa shape index (κ3) is 1.20. The third-order valence-electron chi connectivity index (χ3n) is 1.80. The van der Waals surface area contributed by atoms with Gasteiger partial charge < -0.3 is 10.5 Å². The second kappa shape index (κ2) is 2.68. The van der Waals surface area contributed by atoms with Crippen LogP contribution >= 0.6 is 0 Å². The van der Waals surface area contributed by atoms with Gasteiger partial charge in [-0.3, -0.25) is 4.79 Å². The summed E-state index contributed by atoms with van der Waals surface area (Å²) in [6, 6.07) is -0.389. The van der Waals surface area contributed by atoms with E-state index in [-0.39, 0.29) is 24.5 Å². The molecule has 10 heavy (non-hydrogen) atoms. The fourth-order valence-corrected chi connectivity index (χ4v) is 1.17. The Bertz CT molecular complexity index is 145. The smallest absolute Gasteiger partial charge is 0.177 e. The van der Waals surface area contributed by atoms with E-state index in [1.165, 1.54) is 0 Å². The highest BCUT2D eigenvalue weighted by atomic mass is 16.5. The second-order valence-corrected chi connectivity index (χ2v) is 3.01. The van der Waals surface area contributed by atoms with E-state index in [2.05, 4.69) is 0 Å². The van der Waals surface area contributed by atoms with Crippen LogP contribution < -0.4 is 5.73 Å². The van der Waals surface area contributed by atoms with Gasteiger partial charge in [-0.1, -0.05) is 13.8 Å². The number of ether oxygens (including phenoxy) is 1. The zero-order chi connectivity index (χ0) is 7.72. The molecule has 1 heterocycles. The molecule has 1 aliphatic rings. The van der Waals surface area contributed by atoms with Gasteiger partial charge in [-0.25, -0.2) is 0 Å². The summed E-state index contributed by atoms with van der Waals surface area (Å²) in [5, 5.41) is 0. The Morgan fingerprint density at radius 1 is 1.70 bits per heavy atom. The number of Topliss-reactive ketones (excluding diaryl/α,β-unsaturated/α-hetero) is 1. The molecule has 0 aromatic rings. The zero-order valence-corrected chi connectivity index (χ0v) is 6.33. The highest BCUT2D eigenvalue weighted by Crippen LogP contribution is 2.16. The molecule has 0 amide bonds. The van der Waals surface area contributed by atoms with Gasteiger partial charge in [-0.15, -0.1) is 0 Å². The Kier molecular flexibility index (Phi) is 2.06. The van der Waals surface area contributed by atoms with Crippen LogP contribution in [0.15, 0.2) is 0 Å². The minimum Gasteiger partial charge on any atom is -0.368 e. The highest BCUT2D eigenvalue weighted by Gasteiger charge is 2.34. The molecule has 2 atom stereocenters. The summed E-state index contributed by atoms with van der Waals surface area (Å²) >= 11 is 0. The van der Waals surface area contributed by atoms with Crippen LogP contribution in [0.4, 0.5) is 0 Å². The first-order valence-electron chi connectivity index (χ1n) is 3.53. The van der Waals surface area contributed by atoms with E-state index in [1.807, 2.05) is 13.8 Å². The van der Waals surface area contributed by atoms with Crippen molar-refractivity contribution in [2.45, 2.75) is 26.0 Å². The molecule has 3 nitrogen and oxygen atoms in total. The first kappa shape index (κ1) is 7.69. The van der Waals surface area contributed by atoms with Crippen LogP contribution in [0.25, 0.3) is 0 Å². The average Bonchev–Trinajstić information content (AvgIpc) is 2.14. The fourth-order valence-electron chi connectivity index (χ4n) is 1.17. The van der Waals surface area contributed by atoms with Crippen LogP contribution in [0.2, 0.25) is 0 Å². The molecule has 0 aromatic carbocycles. The van der Waals surface area contributed by atoms with Crippen molar-refractivity contribution in [3.05, 3.63) is 0 Å².